The molecule has 1 aliphatic heterocycles. The van der Waals surface area contributed by atoms with E-state index in [0.717, 1.165) is 18.5 Å². The molecule has 14 heavy (non-hydrogen) atoms. The van der Waals surface area contributed by atoms with Crippen LogP contribution in [0.4, 0.5) is 5.69 Å². The second-order valence-corrected chi connectivity index (χ2v) is 4.28. The summed E-state index contributed by atoms with van der Waals surface area (Å²) < 4.78 is 0. The molecule has 0 saturated carbocycles. The number of nitrogens with one attached hydrogen (secondary N) is 1. The molecule has 4 heteroatoms. The van der Waals surface area contributed by atoms with Gasteiger partial charge >= 0.3 is 0 Å². The van der Waals surface area contributed by atoms with E-state index in [9.17, 15) is 0 Å². The third kappa shape index (κ3) is 1.70. The van der Waals surface area contributed by atoms with Crippen LogP contribution < -0.4 is 11.1 Å². The van der Waals surface area contributed by atoms with Crippen molar-refractivity contribution in [2.24, 2.45) is 0 Å². The second kappa shape index (κ2) is 3.97. The molecule has 0 aromatic heterocycles. The molecule has 2 nitrogen and oxygen atoms in total. The van der Waals surface area contributed by atoms with Crippen LogP contribution in [0.5, 0.6) is 0 Å². The minimum absolute atomic E-state index is 0.334. The summed E-state index contributed by atoms with van der Waals surface area (Å²) in [6.45, 7) is 1.04. The second-order valence-electron chi connectivity index (χ2n) is 3.52. The first kappa shape index (κ1) is 10.1. The van der Waals surface area contributed by atoms with Gasteiger partial charge in [0.2, 0.25) is 0 Å². The van der Waals surface area contributed by atoms with Crippen LogP contribution >= 0.6 is 23.2 Å². The molecule has 1 atom stereocenters. The van der Waals surface area contributed by atoms with Crippen molar-refractivity contribution in [3.8, 4) is 0 Å². The Morgan fingerprint density at radius 1 is 1.29 bits per heavy atom. The number of anilines is 1. The summed E-state index contributed by atoms with van der Waals surface area (Å²) in [5.74, 6) is 0. The molecular weight excluding hydrogens is 219 g/mol. The van der Waals surface area contributed by atoms with E-state index in [1.807, 2.05) is 12.1 Å². The highest BCUT2D eigenvalue weighted by Crippen LogP contribution is 2.36. The van der Waals surface area contributed by atoms with Crippen LogP contribution in [0.25, 0.3) is 0 Å². The molecule has 0 spiro atoms. The zero-order valence-electron chi connectivity index (χ0n) is 7.69. The van der Waals surface area contributed by atoms with Crippen molar-refractivity contribution in [1.82, 2.24) is 5.32 Å². The van der Waals surface area contributed by atoms with Gasteiger partial charge in [-0.3, -0.25) is 0 Å². The van der Waals surface area contributed by atoms with Gasteiger partial charge in [-0.25, -0.2) is 0 Å². The fraction of sp³-hybridized carbons (Fsp3) is 0.400. The fourth-order valence-corrected chi connectivity index (χ4v) is 2.27. The van der Waals surface area contributed by atoms with Crippen molar-refractivity contribution in [3.63, 3.8) is 0 Å². The zero-order chi connectivity index (χ0) is 10.1. The third-order valence-electron chi connectivity index (χ3n) is 2.58. The predicted molar refractivity (Wildman–Crippen MR) is 60.9 cm³/mol. The molecule has 76 valence electrons. The maximum Gasteiger partial charge on any atom is 0.0824 e. The van der Waals surface area contributed by atoms with Crippen LogP contribution in [0.2, 0.25) is 10.0 Å². The number of benzene rings is 1. The standard InChI is InChI=1S/C10H12Cl2N2/c11-9-6(8-2-1-5-14-8)3-4-7(13)10(9)12/h3-4,8,14H,1-2,5,13H2/t8-/m1/s1. The first-order chi connectivity index (χ1) is 6.70. The summed E-state index contributed by atoms with van der Waals surface area (Å²) in [6, 6.07) is 4.09. The monoisotopic (exact) mass is 230 g/mol. The van der Waals surface area contributed by atoms with Crippen molar-refractivity contribution in [1.29, 1.82) is 0 Å². The molecule has 1 fully saturated rings. The molecule has 0 bridgehead atoms. The van der Waals surface area contributed by atoms with Crippen LogP contribution in [0.15, 0.2) is 12.1 Å². The summed E-state index contributed by atoms with van der Waals surface area (Å²) >= 11 is 12.1. The van der Waals surface area contributed by atoms with Gasteiger partial charge < -0.3 is 11.1 Å². The largest absolute Gasteiger partial charge is 0.397 e. The quantitative estimate of drug-likeness (QED) is 0.729. The van der Waals surface area contributed by atoms with Gasteiger partial charge in [0.15, 0.2) is 0 Å². The molecule has 0 radical (unpaired) electrons. The SMILES string of the molecule is Nc1ccc([C@H]2CCCN2)c(Cl)c1Cl. The van der Waals surface area contributed by atoms with Crippen molar-refractivity contribution in [3.05, 3.63) is 27.7 Å². The lowest BCUT2D eigenvalue weighted by atomic mass is 10.0. The summed E-state index contributed by atoms with van der Waals surface area (Å²) in [5.41, 5.74) is 7.25. The third-order valence-corrected chi connectivity index (χ3v) is 3.49. The van der Waals surface area contributed by atoms with Crippen LogP contribution in [0.1, 0.15) is 24.4 Å². The van der Waals surface area contributed by atoms with E-state index in [2.05, 4.69) is 5.32 Å². The van der Waals surface area contributed by atoms with Gasteiger partial charge in [0, 0.05) is 6.04 Å². The number of hydrogen-bond donors (Lipinski definition) is 2. The first-order valence-electron chi connectivity index (χ1n) is 4.67. The van der Waals surface area contributed by atoms with Crippen molar-refractivity contribution >= 4 is 28.9 Å². The highest BCUT2D eigenvalue weighted by Gasteiger charge is 2.20. The van der Waals surface area contributed by atoms with E-state index in [-0.39, 0.29) is 0 Å². The van der Waals surface area contributed by atoms with Gasteiger partial charge in [-0.1, -0.05) is 29.3 Å². The van der Waals surface area contributed by atoms with Gasteiger partial charge in [0.05, 0.1) is 15.7 Å². The summed E-state index contributed by atoms with van der Waals surface area (Å²) in [4.78, 5) is 0. The predicted octanol–water partition coefficient (Wildman–Crippen LogP) is 3.00. The minimum atomic E-state index is 0.334. The first-order valence-corrected chi connectivity index (χ1v) is 5.42. The highest BCUT2D eigenvalue weighted by atomic mass is 35.5. The molecule has 0 amide bonds. The average molecular weight is 231 g/mol. The van der Waals surface area contributed by atoms with Crippen LogP contribution in [-0.4, -0.2) is 6.54 Å². The molecular formula is C10H12Cl2N2. The van der Waals surface area contributed by atoms with E-state index in [0.29, 0.717) is 21.8 Å². The lowest BCUT2D eigenvalue weighted by Crippen LogP contribution is -2.13. The normalized spacial score (nSPS) is 21.4. The smallest absolute Gasteiger partial charge is 0.0824 e. The fourth-order valence-electron chi connectivity index (χ4n) is 1.80. The molecule has 0 aliphatic carbocycles. The Labute approximate surface area is 93.4 Å². The Morgan fingerprint density at radius 3 is 2.71 bits per heavy atom. The van der Waals surface area contributed by atoms with Crippen LogP contribution in [0.3, 0.4) is 0 Å². The maximum absolute atomic E-state index is 6.13. The lowest BCUT2D eigenvalue weighted by Gasteiger charge is -2.14. The van der Waals surface area contributed by atoms with Crippen molar-refractivity contribution in [2.75, 3.05) is 12.3 Å². The van der Waals surface area contributed by atoms with Gasteiger partial charge in [0.1, 0.15) is 0 Å². The number of rotatable bonds is 1. The number of hydrogen-bond acceptors (Lipinski definition) is 2. The lowest BCUT2D eigenvalue weighted by molar-refractivity contribution is 0.648. The molecule has 1 aromatic carbocycles. The Morgan fingerprint density at radius 2 is 2.07 bits per heavy atom. The Kier molecular flexibility index (Phi) is 2.86. The van der Waals surface area contributed by atoms with Crippen LogP contribution in [0, 0.1) is 0 Å². The minimum Gasteiger partial charge on any atom is -0.397 e. The summed E-state index contributed by atoms with van der Waals surface area (Å²) in [5, 5.41) is 4.44. The molecule has 2 rings (SSSR count). The van der Waals surface area contributed by atoms with Crippen LogP contribution in [-0.2, 0) is 0 Å². The molecule has 3 N–H and O–H groups in total. The van der Waals surface area contributed by atoms with E-state index in [1.165, 1.54) is 6.42 Å². The number of nitrogen functional groups attached to an aromatic ring is 1. The molecule has 1 aromatic rings. The molecule has 1 saturated heterocycles. The highest BCUT2D eigenvalue weighted by molar-refractivity contribution is 6.44. The number of halogens is 2. The summed E-state index contributed by atoms with van der Waals surface area (Å²) in [7, 11) is 0. The Bertz CT molecular complexity index is 346. The Hall–Kier alpha value is -0.440. The number of nitrogens with two attached hydrogens (primary N) is 1. The molecule has 1 aliphatic rings. The topological polar surface area (TPSA) is 38.0 Å². The van der Waals surface area contributed by atoms with Gasteiger partial charge in [-0.05, 0) is 31.0 Å². The maximum atomic E-state index is 6.13. The average Bonchev–Trinajstić information content (AvgIpc) is 2.67. The van der Waals surface area contributed by atoms with E-state index < -0.39 is 0 Å². The molecule has 1 heterocycles. The Balaban J connectivity index is 2.38. The van der Waals surface area contributed by atoms with Gasteiger partial charge in [0.25, 0.3) is 0 Å². The van der Waals surface area contributed by atoms with E-state index >= 15 is 0 Å². The zero-order valence-corrected chi connectivity index (χ0v) is 9.20. The van der Waals surface area contributed by atoms with E-state index in [4.69, 9.17) is 28.9 Å². The van der Waals surface area contributed by atoms with Crippen molar-refractivity contribution < 1.29 is 0 Å². The summed E-state index contributed by atoms with van der Waals surface area (Å²) in [6.07, 6.45) is 2.29. The van der Waals surface area contributed by atoms with E-state index in [1.54, 1.807) is 0 Å². The molecule has 0 unspecified atom stereocenters. The van der Waals surface area contributed by atoms with Gasteiger partial charge in [-0.15, -0.1) is 0 Å². The van der Waals surface area contributed by atoms with Crippen molar-refractivity contribution in [2.45, 2.75) is 18.9 Å². The van der Waals surface area contributed by atoms with Gasteiger partial charge in [-0.2, -0.15) is 0 Å².